The van der Waals surface area contributed by atoms with E-state index in [1.54, 1.807) is 0 Å². The highest BCUT2D eigenvalue weighted by Gasteiger charge is 2.30. The molecule has 0 aliphatic heterocycles. The number of rotatable bonds is 4. The number of sulfonamides is 1. The zero-order valence-corrected chi connectivity index (χ0v) is 13.2. The van der Waals surface area contributed by atoms with Crippen LogP contribution in [-0.2, 0) is 16.2 Å². The van der Waals surface area contributed by atoms with Gasteiger partial charge in [-0.3, -0.25) is 14.8 Å². The number of hydrogen-bond acceptors (Lipinski definition) is 5. The summed E-state index contributed by atoms with van der Waals surface area (Å²) in [6.07, 6.45) is -4.54. The highest BCUT2D eigenvalue weighted by atomic mass is 35.5. The largest absolute Gasteiger partial charge is 0.416 e. The molecule has 1 N–H and O–H groups in total. The highest BCUT2D eigenvalue weighted by Crippen LogP contribution is 2.37. The van der Waals surface area contributed by atoms with Gasteiger partial charge >= 0.3 is 6.18 Å². The van der Waals surface area contributed by atoms with Crippen LogP contribution in [0.3, 0.4) is 0 Å². The molecule has 0 spiro atoms. The van der Waals surface area contributed by atoms with Crippen molar-refractivity contribution in [3.63, 3.8) is 0 Å². The fraction of sp³-hybridized carbons (Fsp3) is 0.0909. The second kappa shape index (κ2) is 5.98. The number of thiophene rings is 1. The number of anilines is 1. The third-order valence-corrected chi connectivity index (χ3v) is 5.76. The minimum absolute atomic E-state index is 0.120. The Balaban J connectivity index is 2.28. The van der Waals surface area contributed by atoms with Crippen LogP contribution in [0.25, 0.3) is 0 Å². The molecule has 2 rings (SSSR count). The SMILES string of the molecule is O=[N+]([O-])c1cc(S(=O)(=O)Nc2ccc(C(F)(F)F)cc2)sc1Cl. The summed E-state index contributed by atoms with van der Waals surface area (Å²) >= 11 is 6.05. The summed E-state index contributed by atoms with van der Waals surface area (Å²) in [7, 11) is -4.20. The lowest BCUT2D eigenvalue weighted by molar-refractivity contribution is -0.384. The molecule has 0 fully saturated rings. The van der Waals surface area contributed by atoms with Crippen molar-refractivity contribution in [2.45, 2.75) is 10.4 Å². The second-order valence-electron chi connectivity index (χ2n) is 4.16. The maximum atomic E-state index is 12.4. The zero-order chi connectivity index (χ0) is 17.4. The normalized spacial score (nSPS) is 12.2. The van der Waals surface area contributed by atoms with Gasteiger partial charge in [-0.05, 0) is 24.3 Å². The fourth-order valence-corrected chi connectivity index (χ4v) is 4.25. The first-order valence-corrected chi connectivity index (χ1v) is 8.32. The summed E-state index contributed by atoms with van der Waals surface area (Å²) in [6.45, 7) is 0. The van der Waals surface area contributed by atoms with Crippen molar-refractivity contribution in [2.24, 2.45) is 0 Å². The molecule has 12 heteroatoms. The Morgan fingerprint density at radius 1 is 1.22 bits per heavy atom. The van der Waals surface area contributed by atoms with Crippen molar-refractivity contribution in [1.82, 2.24) is 0 Å². The van der Waals surface area contributed by atoms with Crippen LogP contribution < -0.4 is 4.72 Å². The van der Waals surface area contributed by atoms with Crippen molar-refractivity contribution in [3.8, 4) is 0 Å². The molecule has 1 aromatic heterocycles. The lowest BCUT2D eigenvalue weighted by atomic mass is 10.2. The van der Waals surface area contributed by atoms with Gasteiger partial charge in [0.15, 0.2) is 4.34 Å². The molecular formula is C11H6ClF3N2O4S2. The van der Waals surface area contributed by atoms with Gasteiger partial charge in [0.2, 0.25) is 0 Å². The molecule has 0 atom stereocenters. The Hall–Kier alpha value is -1.85. The third kappa shape index (κ3) is 3.92. The molecule has 0 saturated heterocycles. The van der Waals surface area contributed by atoms with Gasteiger partial charge in [-0.15, -0.1) is 11.3 Å². The lowest BCUT2D eigenvalue weighted by Crippen LogP contribution is -2.12. The Kier molecular flexibility index (Phi) is 4.55. The number of benzene rings is 1. The Labute approximate surface area is 136 Å². The molecule has 1 aromatic carbocycles. The summed E-state index contributed by atoms with van der Waals surface area (Å²) in [4.78, 5) is 9.82. The van der Waals surface area contributed by atoms with Crippen LogP contribution >= 0.6 is 22.9 Å². The Morgan fingerprint density at radius 3 is 2.22 bits per heavy atom. The molecule has 0 aliphatic rings. The van der Waals surface area contributed by atoms with E-state index < -0.39 is 36.6 Å². The predicted octanol–water partition coefficient (Wildman–Crippen LogP) is 4.13. The van der Waals surface area contributed by atoms with E-state index in [1.165, 1.54) is 0 Å². The van der Waals surface area contributed by atoms with E-state index in [9.17, 15) is 31.7 Å². The minimum atomic E-state index is -4.54. The maximum Gasteiger partial charge on any atom is 0.416 e. The first-order chi connectivity index (χ1) is 10.5. The third-order valence-electron chi connectivity index (χ3n) is 2.57. The molecule has 0 aliphatic carbocycles. The number of hydrogen-bond donors (Lipinski definition) is 1. The molecule has 0 amide bonds. The van der Waals surface area contributed by atoms with E-state index in [0.29, 0.717) is 23.5 Å². The average Bonchev–Trinajstić information content (AvgIpc) is 2.81. The molecule has 124 valence electrons. The first kappa shape index (κ1) is 17.5. The zero-order valence-electron chi connectivity index (χ0n) is 10.8. The summed E-state index contributed by atoms with van der Waals surface area (Å²) in [5.41, 5.74) is -1.62. The molecule has 1 heterocycles. The first-order valence-electron chi connectivity index (χ1n) is 5.64. The van der Waals surface area contributed by atoms with Crippen LogP contribution in [0.2, 0.25) is 4.34 Å². The maximum absolute atomic E-state index is 12.4. The highest BCUT2D eigenvalue weighted by molar-refractivity contribution is 7.94. The van der Waals surface area contributed by atoms with E-state index >= 15 is 0 Å². The van der Waals surface area contributed by atoms with Crippen molar-refractivity contribution in [2.75, 3.05) is 4.72 Å². The van der Waals surface area contributed by atoms with Crippen molar-refractivity contribution >= 4 is 44.3 Å². The van der Waals surface area contributed by atoms with E-state index in [1.807, 2.05) is 4.72 Å². The molecule has 2 aromatic rings. The van der Waals surface area contributed by atoms with Crippen LogP contribution in [0.1, 0.15) is 5.56 Å². The van der Waals surface area contributed by atoms with E-state index in [-0.39, 0.29) is 10.0 Å². The van der Waals surface area contributed by atoms with Crippen molar-refractivity contribution < 1.29 is 26.5 Å². The molecule has 23 heavy (non-hydrogen) atoms. The van der Waals surface area contributed by atoms with Gasteiger partial charge in [-0.1, -0.05) is 11.6 Å². The standard InChI is InChI=1S/C11H6ClF3N2O4S2/c12-10-8(17(18)19)5-9(22-10)23(20,21)16-7-3-1-6(2-4-7)11(13,14)15/h1-5,16H. The monoisotopic (exact) mass is 386 g/mol. The van der Waals surface area contributed by atoms with Gasteiger partial charge in [0.05, 0.1) is 10.5 Å². The molecular weight excluding hydrogens is 381 g/mol. The number of halogens is 4. The average molecular weight is 387 g/mol. The molecule has 0 radical (unpaired) electrons. The van der Waals surface area contributed by atoms with Crippen LogP contribution in [0.15, 0.2) is 34.5 Å². The van der Waals surface area contributed by atoms with Gasteiger partial charge in [0, 0.05) is 11.8 Å². The quantitative estimate of drug-likeness (QED) is 0.632. The molecule has 0 unspecified atom stereocenters. The van der Waals surface area contributed by atoms with Gasteiger partial charge in [-0.25, -0.2) is 8.42 Å². The summed E-state index contributed by atoms with van der Waals surface area (Å²) < 4.78 is 62.7. The molecule has 6 nitrogen and oxygen atoms in total. The van der Waals surface area contributed by atoms with Crippen molar-refractivity contribution in [3.05, 3.63) is 50.3 Å². The molecule has 0 saturated carbocycles. The Bertz CT molecular complexity index is 847. The summed E-state index contributed by atoms with van der Waals surface area (Å²) in [5, 5.41) is 10.7. The number of nitro groups is 1. The van der Waals surface area contributed by atoms with E-state index in [0.717, 1.165) is 18.2 Å². The Morgan fingerprint density at radius 2 is 1.78 bits per heavy atom. The minimum Gasteiger partial charge on any atom is -0.279 e. The predicted molar refractivity (Wildman–Crippen MR) is 78.2 cm³/mol. The molecule has 0 bridgehead atoms. The number of alkyl halides is 3. The fourth-order valence-electron chi connectivity index (χ4n) is 1.53. The lowest BCUT2D eigenvalue weighted by Gasteiger charge is -2.09. The van der Waals surface area contributed by atoms with Gasteiger partial charge in [-0.2, -0.15) is 13.2 Å². The van der Waals surface area contributed by atoms with Crippen LogP contribution in [0.4, 0.5) is 24.5 Å². The summed E-state index contributed by atoms with van der Waals surface area (Å²) in [5.74, 6) is 0. The van der Waals surface area contributed by atoms with Gasteiger partial charge < -0.3 is 0 Å². The smallest absolute Gasteiger partial charge is 0.279 e. The topological polar surface area (TPSA) is 89.3 Å². The summed E-state index contributed by atoms with van der Waals surface area (Å²) in [6, 6.07) is 4.07. The van der Waals surface area contributed by atoms with Crippen molar-refractivity contribution in [1.29, 1.82) is 0 Å². The number of nitrogens with zero attached hydrogens (tertiary/aromatic N) is 1. The van der Waals surface area contributed by atoms with Crippen LogP contribution in [-0.4, -0.2) is 13.3 Å². The van der Waals surface area contributed by atoms with E-state index in [4.69, 9.17) is 11.6 Å². The number of nitrogens with one attached hydrogen (secondary N) is 1. The van der Waals surface area contributed by atoms with Gasteiger partial charge in [0.25, 0.3) is 15.7 Å². The second-order valence-corrected chi connectivity index (χ2v) is 7.73. The van der Waals surface area contributed by atoms with Crippen LogP contribution in [0, 0.1) is 10.1 Å². The van der Waals surface area contributed by atoms with E-state index in [2.05, 4.69) is 0 Å². The van der Waals surface area contributed by atoms with Crippen LogP contribution in [0.5, 0.6) is 0 Å². The van der Waals surface area contributed by atoms with Gasteiger partial charge in [0.1, 0.15) is 4.21 Å².